The summed E-state index contributed by atoms with van der Waals surface area (Å²) in [5.41, 5.74) is 1.16. The number of hydrogen-bond acceptors (Lipinski definition) is 2. The molecule has 17 heavy (non-hydrogen) atoms. The number of aliphatic hydroxyl groups excluding tert-OH is 1. The van der Waals surface area contributed by atoms with Gasteiger partial charge in [-0.3, -0.25) is 0 Å². The molecule has 0 spiro atoms. The van der Waals surface area contributed by atoms with Gasteiger partial charge in [-0.15, -0.1) is 0 Å². The third-order valence-electron chi connectivity index (χ3n) is 2.45. The first-order chi connectivity index (χ1) is 8.33. The molecule has 0 aliphatic carbocycles. The van der Waals surface area contributed by atoms with Crippen LogP contribution in [0.4, 0.5) is 0 Å². The average molecular weight is 254 g/mol. The molecule has 0 saturated carbocycles. The van der Waals surface area contributed by atoms with Crippen LogP contribution in [0, 0.1) is 0 Å². The Hall–Kier alpha value is -0.830. The van der Waals surface area contributed by atoms with Crippen molar-refractivity contribution in [1.29, 1.82) is 0 Å². The average Bonchev–Trinajstić information content (AvgIpc) is 2.35. The molecular weight excluding hydrogens is 234 g/mol. The zero-order chi connectivity index (χ0) is 12.3. The minimum Gasteiger partial charge on any atom is -0.396 e. The molecule has 0 amide bonds. The smallest absolute Gasteiger partial charge is 0.0431 e. The van der Waals surface area contributed by atoms with Crippen molar-refractivity contribution in [3.05, 3.63) is 40.9 Å². The van der Waals surface area contributed by atoms with Crippen LogP contribution in [-0.4, -0.2) is 24.8 Å². The van der Waals surface area contributed by atoms with Gasteiger partial charge in [0.1, 0.15) is 0 Å². The molecular formula is C14H20ClNO. The van der Waals surface area contributed by atoms with Crippen LogP contribution in [0.5, 0.6) is 0 Å². The molecule has 0 aliphatic rings. The molecule has 0 unspecified atom stereocenters. The Labute approximate surface area is 108 Å². The first-order valence-electron chi connectivity index (χ1n) is 6.06. The zero-order valence-electron chi connectivity index (χ0n) is 10.0. The third-order valence-corrected chi connectivity index (χ3v) is 2.71. The van der Waals surface area contributed by atoms with E-state index in [1.54, 1.807) is 0 Å². The van der Waals surface area contributed by atoms with E-state index in [-0.39, 0.29) is 0 Å². The summed E-state index contributed by atoms with van der Waals surface area (Å²) in [5, 5.41) is 12.7. The predicted octanol–water partition coefficient (Wildman–Crippen LogP) is 3.11. The monoisotopic (exact) mass is 253 g/mol. The van der Waals surface area contributed by atoms with Crippen LogP contribution in [0.2, 0.25) is 5.02 Å². The molecule has 0 atom stereocenters. The molecule has 2 N–H and O–H groups in total. The van der Waals surface area contributed by atoms with E-state index in [4.69, 9.17) is 16.7 Å². The number of aliphatic hydroxyl groups is 1. The fraction of sp³-hybridized carbons (Fsp3) is 0.429. The second-order valence-corrected chi connectivity index (χ2v) is 4.38. The summed E-state index contributed by atoms with van der Waals surface area (Å²) in [7, 11) is 0. The lowest BCUT2D eigenvalue weighted by Gasteiger charge is -2.00. The van der Waals surface area contributed by atoms with Crippen molar-refractivity contribution in [2.24, 2.45) is 0 Å². The van der Waals surface area contributed by atoms with Gasteiger partial charge < -0.3 is 10.4 Å². The van der Waals surface area contributed by atoms with Gasteiger partial charge in [0.2, 0.25) is 0 Å². The molecule has 94 valence electrons. The number of benzene rings is 1. The highest BCUT2D eigenvalue weighted by Crippen LogP contribution is 2.10. The van der Waals surface area contributed by atoms with E-state index in [2.05, 4.69) is 17.5 Å². The van der Waals surface area contributed by atoms with Crippen molar-refractivity contribution in [3.63, 3.8) is 0 Å². The molecule has 0 saturated heterocycles. The Morgan fingerprint density at radius 2 is 1.88 bits per heavy atom. The normalized spacial score (nSPS) is 11.2. The van der Waals surface area contributed by atoms with E-state index in [1.165, 1.54) is 0 Å². The Morgan fingerprint density at radius 3 is 2.59 bits per heavy atom. The Bertz CT molecular complexity index is 321. The third kappa shape index (κ3) is 7.16. The van der Waals surface area contributed by atoms with Crippen molar-refractivity contribution in [1.82, 2.24) is 5.32 Å². The molecule has 2 nitrogen and oxygen atoms in total. The summed E-state index contributed by atoms with van der Waals surface area (Å²) < 4.78 is 0. The Morgan fingerprint density at radius 1 is 1.12 bits per heavy atom. The zero-order valence-corrected chi connectivity index (χ0v) is 10.8. The first kappa shape index (κ1) is 14.2. The van der Waals surface area contributed by atoms with Crippen molar-refractivity contribution in [2.75, 3.05) is 19.7 Å². The molecule has 3 heteroatoms. The number of rotatable bonds is 8. The Kier molecular flexibility index (Phi) is 7.72. The number of unbranched alkanes of at least 4 members (excludes halogenated alkanes) is 2. The quantitative estimate of drug-likeness (QED) is 0.698. The van der Waals surface area contributed by atoms with Crippen LogP contribution in [0.25, 0.3) is 6.08 Å². The van der Waals surface area contributed by atoms with Gasteiger partial charge in [0, 0.05) is 18.2 Å². The lowest BCUT2D eigenvalue weighted by atomic mass is 10.2. The maximum atomic E-state index is 8.61. The molecule has 1 aromatic rings. The second-order valence-electron chi connectivity index (χ2n) is 3.94. The van der Waals surface area contributed by atoms with Gasteiger partial charge in [-0.25, -0.2) is 0 Å². The largest absolute Gasteiger partial charge is 0.396 e. The van der Waals surface area contributed by atoms with Gasteiger partial charge in [0.15, 0.2) is 0 Å². The highest BCUT2D eigenvalue weighted by molar-refractivity contribution is 6.30. The van der Waals surface area contributed by atoms with Gasteiger partial charge in [-0.05, 0) is 43.5 Å². The van der Waals surface area contributed by atoms with Crippen LogP contribution in [0.3, 0.4) is 0 Å². The maximum absolute atomic E-state index is 8.61. The van der Waals surface area contributed by atoms with Crippen molar-refractivity contribution < 1.29 is 5.11 Å². The van der Waals surface area contributed by atoms with Crippen LogP contribution in [0.15, 0.2) is 30.3 Å². The summed E-state index contributed by atoms with van der Waals surface area (Å²) in [6.45, 7) is 2.18. The molecule has 0 fully saturated rings. The summed E-state index contributed by atoms with van der Waals surface area (Å²) >= 11 is 5.80. The number of nitrogens with one attached hydrogen (secondary N) is 1. The standard InChI is InChI=1S/C14H20ClNO/c15-14-8-6-13(7-9-14)5-4-11-16-10-2-1-3-12-17/h4-9,16-17H,1-3,10-12H2/b5-4+. The molecule has 0 aliphatic heterocycles. The molecule has 0 radical (unpaired) electrons. The van der Waals surface area contributed by atoms with Crippen LogP contribution >= 0.6 is 11.6 Å². The fourth-order valence-corrected chi connectivity index (χ4v) is 1.62. The highest BCUT2D eigenvalue weighted by atomic mass is 35.5. The predicted molar refractivity (Wildman–Crippen MR) is 74.3 cm³/mol. The SMILES string of the molecule is OCCCCCNC/C=C/c1ccc(Cl)cc1. The van der Waals surface area contributed by atoms with Gasteiger partial charge in [0.05, 0.1) is 0 Å². The van der Waals surface area contributed by atoms with Gasteiger partial charge in [-0.2, -0.15) is 0 Å². The lowest BCUT2D eigenvalue weighted by Crippen LogP contribution is -2.14. The molecule has 1 aromatic carbocycles. The number of hydrogen-bond donors (Lipinski definition) is 2. The van der Waals surface area contributed by atoms with E-state index >= 15 is 0 Å². The molecule has 0 aromatic heterocycles. The maximum Gasteiger partial charge on any atom is 0.0431 e. The first-order valence-corrected chi connectivity index (χ1v) is 6.44. The van der Waals surface area contributed by atoms with E-state index in [9.17, 15) is 0 Å². The summed E-state index contributed by atoms with van der Waals surface area (Å²) in [5.74, 6) is 0. The van der Waals surface area contributed by atoms with Gasteiger partial charge in [0.25, 0.3) is 0 Å². The van der Waals surface area contributed by atoms with E-state index < -0.39 is 0 Å². The summed E-state index contributed by atoms with van der Waals surface area (Å²) in [4.78, 5) is 0. The van der Waals surface area contributed by atoms with Crippen LogP contribution in [-0.2, 0) is 0 Å². The highest BCUT2D eigenvalue weighted by Gasteiger charge is 1.88. The second kappa shape index (κ2) is 9.23. The van der Waals surface area contributed by atoms with Crippen molar-refractivity contribution in [3.8, 4) is 0 Å². The fourth-order valence-electron chi connectivity index (χ4n) is 1.49. The Balaban J connectivity index is 2.08. The lowest BCUT2D eigenvalue weighted by molar-refractivity contribution is 0.283. The summed E-state index contributed by atoms with van der Waals surface area (Å²) in [6, 6.07) is 7.78. The van der Waals surface area contributed by atoms with Crippen molar-refractivity contribution in [2.45, 2.75) is 19.3 Å². The van der Waals surface area contributed by atoms with Crippen LogP contribution < -0.4 is 5.32 Å². The van der Waals surface area contributed by atoms with Crippen LogP contribution in [0.1, 0.15) is 24.8 Å². The molecule has 0 heterocycles. The topological polar surface area (TPSA) is 32.3 Å². The molecule has 0 bridgehead atoms. The van der Waals surface area contributed by atoms with E-state index in [0.29, 0.717) is 6.61 Å². The molecule has 1 rings (SSSR count). The van der Waals surface area contributed by atoms with Gasteiger partial charge >= 0.3 is 0 Å². The van der Waals surface area contributed by atoms with E-state index in [0.717, 1.165) is 42.9 Å². The number of halogens is 1. The minimum absolute atomic E-state index is 0.302. The minimum atomic E-state index is 0.302. The van der Waals surface area contributed by atoms with E-state index in [1.807, 2.05) is 24.3 Å². The summed E-state index contributed by atoms with van der Waals surface area (Å²) in [6.07, 6.45) is 7.30. The van der Waals surface area contributed by atoms with Crippen molar-refractivity contribution >= 4 is 17.7 Å². The van der Waals surface area contributed by atoms with Gasteiger partial charge in [-0.1, -0.05) is 35.9 Å².